The molecule has 3 heterocycles. The van der Waals surface area contributed by atoms with Crippen LogP contribution in [0.4, 0.5) is 5.69 Å². The van der Waals surface area contributed by atoms with Crippen molar-refractivity contribution in [2.24, 2.45) is 0 Å². The number of fused-ring (bicyclic) bond motifs is 1. The first-order valence-electron chi connectivity index (χ1n) is 10.3. The lowest BCUT2D eigenvalue weighted by Gasteiger charge is -2.36. The second kappa shape index (κ2) is 8.36. The van der Waals surface area contributed by atoms with E-state index in [1.54, 1.807) is 12.3 Å². The van der Waals surface area contributed by atoms with Crippen molar-refractivity contribution in [1.82, 2.24) is 14.9 Å². The standard InChI is InChI=1S/C25H21ClN4O/c26-21-10-6-9-19-20(17-23(28-24(19)21)22-11-4-5-12-27-22)25(31)30-15-13-29(14-16-30)18-7-2-1-3-8-18/h1-12,17H,13-16H2. The Kier molecular flexibility index (Phi) is 5.26. The predicted molar refractivity (Wildman–Crippen MR) is 125 cm³/mol. The van der Waals surface area contributed by atoms with Crippen LogP contribution in [0.1, 0.15) is 10.4 Å². The van der Waals surface area contributed by atoms with E-state index in [0.717, 1.165) is 18.5 Å². The summed E-state index contributed by atoms with van der Waals surface area (Å²) in [7, 11) is 0. The van der Waals surface area contributed by atoms with E-state index in [1.165, 1.54) is 5.69 Å². The van der Waals surface area contributed by atoms with Crippen molar-refractivity contribution >= 4 is 34.1 Å². The van der Waals surface area contributed by atoms with E-state index in [0.29, 0.717) is 40.6 Å². The topological polar surface area (TPSA) is 49.3 Å². The van der Waals surface area contributed by atoms with Gasteiger partial charge in [-0.05, 0) is 36.4 Å². The second-order valence-corrected chi connectivity index (χ2v) is 7.93. The molecule has 2 aromatic carbocycles. The molecule has 154 valence electrons. The zero-order valence-electron chi connectivity index (χ0n) is 16.9. The molecule has 5 nitrogen and oxygen atoms in total. The van der Waals surface area contributed by atoms with Gasteiger partial charge in [0, 0.05) is 43.4 Å². The Morgan fingerprint density at radius 3 is 2.35 bits per heavy atom. The molecular weight excluding hydrogens is 408 g/mol. The number of para-hydroxylation sites is 2. The first kappa shape index (κ1) is 19.5. The number of piperazine rings is 1. The highest BCUT2D eigenvalue weighted by atomic mass is 35.5. The minimum absolute atomic E-state index is 0.000408. The number of anilines is 1. The zero-order valence-corrected chi connectivity index (χ0v) is 17.7. The number of nitrogens with zero attached hydrogens (tertiary/aromatic N) is 4. The quantitative estimate of drug-likeness (QED) is 0.465. The summed E-state index contributed by atoms with van der Waals surface area (Å²) in [6, 6.07) is 23.4. The van der Waals surface area contributed by atoms with Crippen LogP contribution in [0.15, 0.2) is 79.0 Å². The molecule has 0 aliphatic carbocycles. The largest absolute Gasteiger partial charge is 0.368 e. The highest BCUT2D eigenvalue weighted by Gasteiger charge is 2.25. The molecule has 1 amide bonds. The van der Waals surface area contributed by atoms with Gasteiger partial charge in [0.15, 0.2) is 0 Å². The molecule has 31 heavy (non-hydrogen) atoms. The minimum atomic E-state index is -0.000408. The van der Waals surface area contributed by atoms with E-state index in [4.69, 9.17) is 16.6 Å². The number of benzene rings is 2. The van der Waals surface area contributed by atoms with Gasteiger partial charge in [-0.15, -0.1) is 0 Å². The van der Waals surface area contributed by atoms with Crippen molar-refractivity contribution in [3.8, 4) is 11.4 Å². The molecule has 1 aliphatic heterocycles. The summed E-state index contributed by atoms with van der Waals surface area (Å²) in [4.78, 5) is 26.9. The molecule has 1 fully saturated rings. The number of rotatable bonds is 3. The molecule has 0 bridgehead atoms. The maximum Gasteiger partial charge on any atom is 0.254 e. The zero-order chi connectivity index (χ0) is 21.2. The van der Waals surface area contributed by atoms with Crippen LogP contribution >= 0.6 is 11.6 Å². The van der Waals surface area contributed by atoms with Gasteiger partial charge in [-0.2, -0.15) is 0 Å². The fourth-order valence-electron chi connectivity index (χ4n) is 4.01. The number of hydrogen-bond acceptors (Lipinski definition) is 4. The van der Waals surface area contributed by atoms with Crippen molar-refractivity contribution < 1.29 is 4.79 Å². The van der Waals surface area contributed by atoms with E-state index in [9.17, 15) is 4.79 Å². The molecule has 0 N–H and O–H groups in total. The molecule has 1 aliphatic rings. The molecule has 0 spiro atoms. The number of halogens is 1. The number of pyridine rings is 2. The number of carbonyl (C=O) groups is 1. The van der Waals surface area contributed by atoms with Crippen LogP contribution in [0, 0.1) is 0 Å². The van der Waals surface area contributed by atoms with Crippen LogP contribution in [0.3, 0.4) is 0 Å². The Morgan fingerprint density at radius 1 is 0.839 bits per heavy atom. The molecule has 1 saturated heterocycles. The first-order valence-corrected chi connectivity index (χ1v) is 10.7. The fraction of sp³-hybridized carbons (Fsp3) is 0.160. The highest BCUT2D eigenvalue weighted by molar-refractivity contribution is 6.35. The molecular formula is C25H21ClN4O. The maximum absolute atomic E-state index is 13.6. The van der Waals surface area contributed by atoms with Crippen LogP contribution in [-0.4, -0.2) is 47.0 Å². The lowest BCUT2D eigenvalue weighted by molar-refractivity contribution is 0.0748. The average molecular weight is 429 g/mol. The Hall–Kier alpha value is -3.44. The summed E-state index contributed by atoms with van der Waals surface area (Å²) in [6.07, 6.45) is 1.72. The van der Waals surface area contributed by atoms with Gasteiger partial charge >= 0.3 is 0 Å². The smallest absolute Gasteiger partial charge is 0.254 e. The van der Waals surface area contributed by atoms with Crippen molar-refractivity contribution in [2.45, 2.75) is 0 Å². The normalized spacial score (nSPS) is 14.1. The fourth-order valence-corrected chi connectivity index (χ4v) is 4.23. The molecule has 2 aromatic heterocycles. The van der Waals surface area contributed by atoms with E-state index in [2.05, 4.69) is 22.0 Å². The van der Waals surface area contributed by atoms with Gasteiger partial charge in [0.05, 0.1) is 27.5 Å². The van der Waals surface area contributed by atoms with E-state index >= 15 is 0 Å². The van der Waals surface area contributed by atoms with Gasteiger partial charge in [0.2, 0.25) is 0 Å². The lowest BCUT2D eigenvalue weighted by Crippen LogP contribution is -2.48. The van der Waals surface area contributed by atoms with Gasteiger partial charge in [-0.3, -0.25) is 9.78 Å². The minimum Gasteiger partial charge on any atom is -0.368 e. The Morgan fingerprint density at radius 2 is 1.61 bits per heavy atom. The highest BCUT2D eigenvalue weighted by Crippen LogP contribution is 2.29. The van der Waals surface area contributed by atoms with Crippen LogP contribution in [0.5, 0.6) is 0 Å². The molecule has 0 unspecified atom stereocenters. The Bertz CT molecular complexity index is 1220. The molecule has 0 saturated carbocycles. The predicted octanol–water partition coefficient (Wildman–Crippen LogP) is 4.91. The third kappa shape index (κ3) is 3.84. The molecule has 0 atom stereocenters. The number of aromatic nitrogens is 2. The lowest BCUT2D eigenvalue weighted by atomic mass is 10.0. The first-order chi connectivity index (χ1) is 15.2. The summed E-state index contributed by atoms with van der Waals surface area (Å²) in [5.41, 5.74) is 3.79. The molecule has 4 aromatic rings. The second-order valence-electron chi connectivity index (χ2n) is 7.52. The molecule has 0 radical (unpaired) electrons. The third-order valence-electron chi connectivity index (χ3n) is 5.64. The van der Waals surface area contributed by atoms with E-state index in [1.807, 2.05) is 59.5 Å². The summed E-state index contributed by atoms with van der Waals surface area (Å²) in [5.74, 6) is -0.000408. The van der Waals surface area contributed by atoms with Crippen molar-refractivity contribution in [3.05, 3.63) is 89.6 Å². The van der Waals surface area contributed by atoms with Crippen molar-refractivity contribution in [1.29, 1.82) is 0 Å². The van der Waals surface area contributed by atoms with Gasteiger partial charge < -0.3 is 9.80 Å². The van der Waals surface area contributed by atoms with Crippen molar-refractivity contribution in [3.63, 3.8) is 0 Å². The van der Waals surface area contributed by atoms with Gasteiger partial charge in [0.25, 0.3) is 5.91 Å². The van der Waals surface area contributed by atoms with Gasteiger partial charge in [0.1, 0.15) is 0 Å². The summed E-state index contributed by atoms with van der Waals surface area (Å²) < 4.78 is 0. The number of amides is 1. The summed E-state index contributed by atoms with van der Waals surface area (Å²) >= 11 is 6.45. The SMILES string of the molecule is O=C(c1cc(-c2ccccn2)nc2c(Cl)cccc12)N1CCN(c2ccccc2)CC1. The number of carbonyl (C=O) groups excluding carboxylic acids is 1. The van der Waals surface area contributed by atoms with Crippen LogP contribution in [0.2, 0.25) is 5.02 Å². The maximum atomic E-state index is 13.6. The average Bonchev–Trinajstić information content (AvgIpc) is 2.84. The van der Waals surface area contributed by atoms with E-state index in [-0.39, 0.29) is 5.91 Å². The molecule has 6 heteroatoms. The number of hydrogen-bond donors (Lipinski definition) is 0. The van der Waals surface area contributed by atoms with Crippen LogP contribution in [-0.2, 0) is 0 Å². The van der Waals surface area contributed by atoms with Crippen molar-refractivity contribution in [2.75, 3.05) is 31.1 Å². The monoisotopic (exact) mass is 428 g/mol. The Balaban J connectivity index is 1.48. The van der Waals surface area contributed by atoms with Crippen LogP contribution < -0.4 is 4.90 Å². The van der Waals surface area contributed by atoms with E-state index < -0.39 is 0 Å². The third-order valence-corrected chi connectivity index (χ3v) is 5.94. The van der Waals surface area contributed by atoms with Gasteiger partial charge in [-0.1, -0.05) is 48.0 Å². The van der Waals surface area contributed by atoms with Crippen LogP contribution in [0.25, 0.3) is 22.3 Å². The van der Waals surface area contributed by atoms with Gasteiger partial charge in [-0.25, -0.2) is 4.98 Å². The molecule has 5 rings (SSSR count). The summed E-state index contributed by atoms with van der Waals surface area (Å²) in [6.45, 7) is 2.92. The summed E-state index contributed by atoms with van der Waals surface area (Å²) in [5, 5.41) is 1.29. The Labute approximate surface area is 185 Å².